The van der Waals surface area contributed by atoms with Crippen LogP contribution in [0.25, 0.3) is 10.9 Å². The topological polar surface area (TPSA) is 98.8 Å². The van der Waals surface area contributed by atoms with Crippen molar-refractivity contribution in [2.24, 2.45) is 5.41 Å². The number of methoxy groups -OCH3 is 1. The van der Waals surface area contributed by atoms with Crippen LogP contribution in [0.1, 0.15) is 25.7 Å². The summed E-state index contributed by atoms with van der Waals surface area (Å²) < 4.78 is 45.8. The predicted octanol–water partition coefficient (Wildman–Crippen LogP) is 7.75. The Kier molecular flexibility index (Phi) is 10.2. The summed E-state index contributed by atoms with van der Waals surface area (Å²) >= 11 is 1.81. The third kappa shape index (κ3) is 7.72. The molecule has 3 aromatic carbocycles. The molecule has 11 heteroatoms. The van der Waals surface area contributed by atoms with Crippen LogP contribution in [0.3, 0.4) is 0 Å². The number of rotatable bonds is 14. The number of amides is 2. The van der Waals surface area contributed by atoms with E-state index in [1.807, 2.05) is 0 Å². The molecule has 2 N–H and O–H groups in total. The summed E-state index contributed by atoms with van der Waals surface area (Å²) in [6, 6.07) is 14.4. The van der Waals surface area contributed by atoms with Crippen molar-refractivity contribution in [1.82, 2.24) is 4.98 Å². The molecule has 0 atom stereocenters. The molecule has 1 fully saturated rings. The third-order valence-electron chi connectivity index (χ3n) is 7.32. The highest BCUT2D eigenvalue weighted by atomic mass is 32.2. The molecule has 1 heterocycles. The highest BCUT2D eigenvalue weighted by Gasteiger charge is 2.56. The van der Waals surface area contributed by atoms with Crippen LogP contribution in [0.15, 0.2) is 79.0 Å². The lowest BCUT2D eigenvalue weighted by Crippen LogP contribution is -2.35. The van der Waals surface area contributed by atoms with Crippen LogP contribution in [-0.4, -0.2) is 42.5 Å². The Morgan fingerprint density at radius 1 is 0.889 bits per heavy atom. The number of fused-ring (bicyclic) bond motifs is 1. The fourth-order valence-electron chi connectivity index (χ4n) is 4.65. The van der Waals surface area contributed by atoms with E-state index in [0.717, 1.165) is 24.7 Å². The van der Waals surface area contributed by atoms with Gasteiger partial charge in [0.15, 0.2) is 23.1 Å². The van der Waals surface area contributed by atoms with E-state index in [0.29, 0.717) is 53.3 Å². The van der Waals surface area contributed by atoms with Crippen molar-refractivity contribution in [3.63, 3.8) is 0 Å². The van der Waals surface area contributed by atoms with Gasteiger partial charge in [0.1, 0.15) is 17.0 Å². The minimum Gasteiger partial charge on any atom is -0.493 e. The van der Waals surface area contributed by atoms with Gasteiger partial charge in [0, 0.05) is 35.1 Å². The van der Waals surface area contributed by atoms with Crippen LogP contribution >= 0.6 is 11.8 Å². The molecular formula is C34H33F2N3O5S. The number of nitrogens with zero attached hydrogens (tertiary/aromatic N) is 1. The second-order valence-electron chi connectivity index (χ2n) is 10.5. The molecule has 5 rings (SSSR count). The number of hydrogen-bond donors (Lipinski definition) is 2. The molecule has 0 saturated heterocycles. The lowest BCUT2D eigenvalue weighted by Gasteiger charge is -2.16. The van der Waals surface area contributed by atoms with Crippen molar-refractivity contribution in [2.45, 2.75) is 25.7 Å². The number of pyridine rings is 1. The average molecular weight is 634 g/mol. The Balaban J connectivity index is 1.25. The lowest BCUT2D eigenvalue weighted by molar-refractivity contribution is -0.131. The van der Waals surface area contributed by atoms with E-state index in [1.165, 1.54) is 43.5 Å². The number of anilines is 2. The van der Waals surface area contributed by atoms with Crippen molar-refractivity contribution >= 4 is 45.9 Å². The molecule has 0 spiro atoms. The van der Waals surface area contributed by atoms with Crippen molar-refractivity contribution in [2.75, 3.05) is 36.4 Å². The molecule has 45 heavy (non-hydrogen) atoms. The summed E-state index contributed by atoms with van der Waals surface area (Å²) in [5.74, 6) is 0.199. The summed E-state index contributed by atoms with van der Waals surface area (Å²) in [5.41, 5.74) is -0.144. The molecule has 0 bridgehead atoms. The van der Waals surface area contributed by atoms with E-state index in [9.17, 15) is 14.0 Å². The Labute approximate surface area is 264 Å². The quantitative estimate of drug-likeness (QED) is 0.0832. The maximum Gasteiger partial charge on any atom is 0.240 e. The maximum atomic E-state index is 15.2. The van der Waals surface area contributed by atoms with Crippen LogP contribution in [0.4, 0.5) is 20.2 Å². The van der Waals surface area contributed by atoms with Gasteiger partial charge in [-0.1, -0.05) is 12.2 Å². The summed E-state index contributed by atoms with van der Waals surface area (Å²) in [7, 11) is 1.54. The van der Waals surface area contributed by atoms with E-state index in [1.54, 1.807) is 36.2 Å². The monoisotopic (exact) mass is 633 g/mol. The number of hydrogen-bond acceptors (Lipinski definition) is 7. The minimum absolute atomic E-state index is 0.0664. The van der Waals surface area contributed by atoms with Crippen molar-refractivity contribution < 1.29 is 32.6 Å². The van der Waals surface area contributed by atoms with Crippen LogP contribution in [0.5, 0.6) is 23.0 Å². The molecule has 4 aromatic rings. The molecule has 234 valence electrons. The molecule has 8 nitrogen and oxygen atoms in total. The summed E-state index contributed by atoms with van der Waals surface area (Å²) in [4.78, 5) is 30.3. The largest absolute Gasteiger partial charge is 0.493 e. The summed E-state index contributed by atoms with van der Waals surface area (Å²) in [6.45, 7) is 0.474. The number of halogens is 2. The maximum absolute atomic E-state index is 15.2. The van der Waals surface area contributed by atoms with Crippen LogP contribution in [-0.2, 0) is 9.59 Å². The molecule has 1 aliphatic rings. The number of nitrogens with one attached hydrogen (secondary N) is 2. The van der Waals surface area contributed by atoms with Crippen molar-refractivity contribution in [3.05, 3.63) is 90.6 Å². The van der Waals surface area contributed by atoms with Crippen LogP contribution in [0.2, 0.25) is 0 Å². The smallest absolute Gasteiger partial charge is 0.240 e. The minimum atomic E-state index is -1.28. The molecule has 0 unspecified atom stereocenters. The first-order valence-corrected chi connectivity index (χ1v) is 15.8. The van der Waals surface area contributed by atoms with Gasteiger partial charge < -0.3 is 24.8 Å². The van der Waals surface area contributed by atoms with Crippen LogP contribution < -0.4 is 24.8 Å². The lowest BCUT2D eigenvalue weighted by atomic mass is 10.0. The molecule has 2 amide bonds. The molecular weight excluding hydrogens is 600 g/mol. The molecule has 1 aliphatic carbocycles. The number of aromatic nitrogens is 1. The van der Waals surface area contributed by atoms with Gasteiger partial charge in [-0.25, -0.2) is 8.78 Å². The summed E-state index contributed by atoms with van der Waals surface area (Å²) in [6.07, 6.45) is 10.3. The highest BCUT2D eigenvalue weighted by molar-refractivity contribution is 7.98. The van der Waals surface area contributed by atoms with Gasteiger partial charge in [0.2, 0.25) is 11.8 Å². The molecule has 0 radical (unpaired) electrons. The van der Waals surface area contributed by atoms with Gasteiger partial charge in [-0.3, -0.25) is 14.6 Å². The van der Waals surface area contributed by atoms with Crippen LogP contribution in [0, 0.1) is 17.0 Å². The van der Waals surface area contributed by atoms with E-state index in [4.69, 9.17) is 14.2 Å². The van der Waals surface area contributed by atoms with Gasteiger partial charge >= 0.3 is 0 Å². The Morgan fingerprint density at radius 2 is 1.60 bits per heavy atom. The number of thioether (sulfide) groups is 1. The zero-order valence-electron chi connectivity index (χ0n) is 24.9. The molecule has 1 saturated carbocycles. The third-order valence-corrected chi connectivity index (χ3v) is 7.96. The Morgan fingerprint density at radius 3 is 2.29 bits per heavy atom. The van der Waals surface area contributed by atoms with Gasteiger partial charge in [-0.15, -0.1) is 0 Å². The highest BCUT2D eigenvalue weighted by Crippen LogP contribution is 2.47. The Hall–Kier alpha value is -4.64. The van der Waals surface area contributed by atoms with E-state index < -0.39 is 28.9 Å². The number of carbonyl (C=O) groups is 2. The van der Waals surface area contributed by atoms with Gasteiger partial charge in [0.05, 0.1) is 19.2 Å². The van der Waals surface area contributed by atoms with Gasteiger partial charge in [0.25, 0.3) is 0 Å². The average Bonchev–Trinajstić information content (AvgIpc) is 3.85. The fourth-order valence-corrected chi connectivity index (χ4v) is 5.02. The first kappa shape index (κ1) is 31.8. The SMILES string of the molecule is COc1cc2c(Oc3ccc(NC(=O)C4(C(=O)Nc5ccc(F)cc5)CC4)cc3F)ccnc2cc1OCC/C=C/CCSC. The molecule has 0 aliphatic heterocycles. The number of ether oxygens (including phenoxy) is 3. The fraction of sp³-hybridized carbons (Fsp3) is 0.265. The Bertz CT molecular complexity index is 1710. The number of benzene rings is 3. The first-order valence-electron chi connectivity index (χ1n) is 14.4. The van der Waals surface area contributed by atoms with Crippen molar-refractivity contribution in [1.29, 1.82) is 0 Å². The van der Waals surface area contributed by atoms with Gasteiger partial charge in [-0.2, -0.15) is 11.8 Å². The summed E-state index contributed by atoms with van der Waals surface area (Å²) in [5, 5.41) is 5.88. The normalized spacial score (nSPS) is 13.4. The zero-order valence-corrected chi connectivity index (χ0v) is 25.7. The second kappa shape index (κ2) is 14.4. The molecule has 1 aromatic heterocycles. The zero-order chi connectivity index (χ0) is 31.8. The first-order chi connectivity index (χ1) is 21.8. The number of allylic oxidation sites excluding steroid dienone is 1. The standard InChI is InChI=1S/C34H33F2N3O5S/c1-42-30-20-25-27(21-31(30)43-17-5-3-4-6-18-45-2)37-16-13-28(25)44-29-12-11-24(19-26(29)36)39-33(41)34(14-15-34)32(40)38-23-9-7-22(35)8-10-23/h3-4,7-13,16,19-21H,5-6,14-15,17-18H2,1-2H3,(H,38,40)(H,39,41)/b4-3+. The van der Waals surface area contributed by atoms with E-state index in [2.05, 4.69) is 34.0 Å². The number of carbonyl (C=O) groups excluding carboxylic acids is 2. The second-order valence-corrected chi connectivity index (χ2v) is 11.4. The van der Waals surface area contributed by atoms with Crippen molar-refractivity contribution in [3.8, 4) is 23.0 Å². The van der Waals surface area contributed by atoms with E-state index in [-0.39, 0.29) is 11.4 Å². The van der Waals surface area contributed by atoms with E-state index >= 15 is 4.39 Å². The predicted molar refractivity (Wildman–Crippen MR) is 172 cm³/mol. The van der Waals surface area contributed by atoms with Gasteiger partial charge in [-0.05, 0) is 86.2 Å².